The third-order valence-corrected chi connectivity index (χ3v) is 3.33. The molecule has 1 rings (SSSR count). The molecule has 2 N–H and O–H groups in total. The van der Waals surface area contributed by atoms with Crippen molar-refractivity contribution in [2.45, 2.75) is 6.54 Å². The zero-order valence-corrected chi connectivity index (χ0v) is 14.1. The van der Waals surface area contributed by atoms with E-state index in [2.05, 4.69) is 27.6 Å². The van der Waals surface area contributed by atoms with E-state index in [1.54, 1.807) is 21.3 Å². The van der Waals surface area contributed by atoms with Gasteiger partial charge in [-0.3, -0.25) is 4.99 Å². The minimum absolute atomic E-state index is 0.670. The molecule has 0 amide bonds. The maximum atomic E-state index is 5.34. The van der Waals surface area contributed by atoms with Gasteiger partial charge >= 0.3 is 0 Å². The van der Waals surface area contributed by atoms with Crippen LogP contribution >= 0.6 is 0 Å². The summed E-state index contributed by atoms with van der Waals surface area (Å²) in [4.78, 5) is 6.44. The number of aliphatic imine (C=N–C) groups is 1. The number of nitrogens with zero attached hydrogens (tertiary/aromatic N) is 2. The van der Waals surface area contributed by atoms with E-state index in [-0.39, 0.29) is 0 Å². The molecule has 1 aromatic carbocycles. The number of methoxy groups -OCH3 is 2. The first-order chi connectivity index (χ1) is 10.7. The molecule has 0 bridgehead atoms. The van der Waals surface area contributed by atoms with Gasteiger partial charge in [0.25, 0.3) is 0 Å². The van der Waals surface area contributed by atoms with E-state index in [4.69, 9.17) is 9.47 Å². The Kier molecular flexibility index (Phi) is 9.02. The van der Waals surface area contributed by atoms with E-state index in [0.29, 0.717) is 6.54 Å². The number of guanidine groups is 1. The molecule has 6 heteroatoms. The summed E-state index contributed by atoms with van der Waals surface area (Å²) in [5.74, 6) is 1.66. The molecule has 1 aromatic rings. The molecule has 0 fully saturated rings. The lowest BCUT2D eigenvalue weighted by Crippen LogP contribution is -2.41. The number of rotatable bonds is 9. The molecule has 0 unspecified atom stereocenters. The van der Waals surface area contributed by atoms with Crippen LogP contribution in [-0.2, 0) is 11.3 Å². The van der Waals surface area contributed by atoms with Crippen molar-refractivity contribution >= 4 is 5.96 Å². The summed E-state index contributed by atoms with van der Waals surface area (Å²) in [7, 11) is 7.25. The number of hydrogen-bond acceptors (Lipinski definition) is 4. The maximum Gasteiger partial charge on any atom is 0.191 e. The van der Waals surface area contributed by atoms with Crippen LogP contribution in [0.5, 0.6) is 5.75 Å². The van der Waals surface area contributed by atoms with E-state index < -0.39 is 0 Å². The molecule has 0 saturated carbocycles. The minimum atomic E-state index is 0.670. The minimum Gasteiger partial charge on any atom is -0.496 e. The lowest BCUT2D eigenvalue weighted by Gasteiger charge is -2.18. The van der Waals surface area contributed by atoms with Crippen molar-refractivity contribution in [2.75, 3.05) is 54.6 Å². The summed E-state index contributed by atoms with van der Waals surface area (Å²) >= 11 is 0. The quantitative estimate of drug-likeness (QED) is 0.525. The van der Waals surface area contributed by atoms with Gasteiger partial charge in [0.05, 0.1) is 13.7 Å². The van der Waals surface area contributed by atoms with Crippen molar-refractivity contribution in [1.29, 1.82) is 0 Å². The number of nitrogens with one attached hydrogen (secondary N) is 2. The highest BCUT2D eigenvalue weighted by Gasteiger charge is 2.03. The summed E-state index contributed by atoms with van der Waals surface area (Å²) in [6.45, 7) is 4.09. The second-order valence-electron chi connectivity index (χ2n) is 4.96. The molecule has 0 radical (unpaired) electrons. The topological polar surface area (TPSA) is 58.1 Å². The lowest BCUT2D eigenvalue weighted by molar-refractivity contribution is 0.162. The fourth-order valence-corrected chi connectivity index (χ4v) is 1.97. The normalized spacial score (nSPS) is 11.6. The number of hydrogen-bond donors (Lipinski definition) is 2. The summed E-state index contributed by atoms with van der Waals surface area (Å²) in [5, 5.41) is 6.59. The van der Waals surface area contributed by atoms with Gasteiger partial charge in [0.15, 0.2) is 5.96 Å². The highest BCUT2D eigenvalue weighted by molar-refractivity contribution is 5.79. The van der Waals surface area contributed by atoms with E-state index in [1.807, 2.05) is 24.3 Å². The summed E-state index contributed by atoms with van der Waals surface area (Å²) in [5.41, 5.74) is 1.10. The number of ether oxygens (including phenoxy) is 2. The summed E-state index contributed by atoms with van der Waals surface area (Å²) in [6.07, 6.45) is 0. The van der Waals surface area contributed by atoms with Crippen molar-refractivity contribution in [3.63, 3.8) is 0 Å². The zero-order valence-electron chi connectivity index (χ0n) is 14.1. The van der Waals surface area contributed by atoms with Gasteiger partial charge in [0.1, 0.15) is 5.75 Å². The SMILES string of the molecule is CN=C(NCCN(C)CCOC)NCc1ccccc1OC. The highest BCUT2D eigenvalue weighted by atomic mass is 16.5. The van der Waals surface area contributed by atoms with Crippen molar-refractivity contribution < 1.29 is 9.47 Å². The van der Waals surface area contributed by atoms with Crippen LogP contribution < -0.4 is 15.4 Å². The fraction of sp³-hybridized carbons (Fsp3) is 0.562. The Labute approximate surface area is 133 Å². The predicted octanol–water partition coefficient (Wildman–Crippen LogP) is 0.938. The van der Waals surface area contributed by atoms with Crippen LogP contribution in [0, 0.1) is 0 Å². The van der Waals surface area contributed by atoms with E-state index in [0.717, 1.165) is 43.5 Å². The summed E-state index contributed by atoms with van der Waals surface area (Å²) < 4.78 is 10.4. The Morgan fingerprint density at radius 1 is 1.18 bits per heavy atom. The van der Waals surface area contributed by atoms with Crippen LogP contribution in [-0.4, -0.2) is 65.4 Å². The van der Waals surface area contributed by atoms with E-state index in [9.17, 15) is 0 Å². The Bertz CT molecular complexity index is 452. The van der Waals surface area contributed by atoms with Gasteiger partial charge in [-0.05, 0) is 13.1 Å². The van der Waals surface area contributed by atoms with Gasteiger partial charge in [-0.2, -0.15) is 0 Å². The zero-order chi connectivity index (χ0) is 16.2. The van der Waals surface area contributed by atoms with Crippen LogP contribution in [0.15, 0.2) is 29.3 Å². The van der Waals surface area contributed by atoms with E-state index >= 15 is 0 Å². The standard InChI is InChI=1S/C16H28N4O2/c1-17-16(18-9-10-20(2)11-12-21-3)19-13-14-7-5-6-8-15(14)22-4/h5-8H,9-13H2,1-4H3,(H2,17,18,19). The second kappa shape index (κ2) is 10.9. The third kappa shape index (κ3) is 6.78. The molecule has 124 valence electrons. The van der Waals surface area contributed by atoms with Crippen LogP contribution in [0.4, 0.5) is 0 Å². The van der Waals surface area contributed by atoms with Gasteiger partial charge in [0, 0.05) is 45.9 Å². The van der Waals surface area contributed by atoms with Crippen LogP contribution in [0.1, 0.15) is 5.56 Å². The largest absolute Gasteiger partial charge is 0.496 e. The van der Waals surface area contributed by atoms with Crippen molar-refractivity contribution in [3.05, 3.63) is 29.8 Å². The average molecular weight is 308 g/mol. The maximum absolute atomic E-state index is 5.34. The van der Waals surface area contributed by atoms with Gasteiger partial charge in [-0.15, -0.1) is 0 Å². The Balaban J connectivity index is 2.34. The smallest absolute Gasteiger partial charge is 0.191 e. The molecule has 0 atom stereocenters. The highest BCUT2D eigenvalue weighted by Crippen LogP contribution is 2.16. The monoisotopic (exact) mass is 308 g/mol. The van der Waals surface area contributed by atoms with Crippen molar-refractivity contribution in [3.8, 4) is 5.75 Å². The van der Waals surface area contributed by atoms with Gasteiger partial charge < -0.3 is 25.0 Å². The average Bonchev–Trinajstić information content (AvgIpc) is 2.56. The molecular weight excluding hydrogens is 280 g/mol. The Morgan fingerprint density at radius 2 is 1.95 bits per heavy atom. The molecule has 6 nitrogen and oxygen atoms in total. The first kappa shape index (κ1) is 18.3. The molecule has 0 saturated heterocycles. The Hall–Kier alpha value is -1.79. The molecule has 22 heavy (non-hydrogen) atoms. The Morgan fingerprint density at radius 3 is 2.64 bits per heavy atom. The van der Waals surface area contributed by atoms with Crippen LogP contribution in [0.2, 0.25) is 0 Å². The third-order valence-electron chi connectivity index (χ3n) is 3.33. The van der Waals surface area contributed by atoms with Crippen molar-refractivity contribution in [2.24, 2.45) is 4.99 Å². The molecule has 0 aromatic heterocycles. The van der Waals surface area contributed by atoms with Gasteiger partial charge in [0.2, 0.25) is 0 Å². The summed E-state index contributed by atoms with van der Waals surface area (Å²) in [6, 6.07) is 7.96. The van der Waals surface area contributed by atoms with Gasteiger partial charge in [-0.25, -0.2) is 0 Å². The second-order valence-corrected chi connectivity index (χ2v) is 4.96. The lowest BCUT2D eigenvalue weighted by atomic mass is 10.2. The number of benzene rings is 1. The molecule has 0 aliphatic carbocycles. The van der Waals surface area contributed by atoms with Crippen molar-refractivity contribution in [1.82, 2.24) is 15.5 Å². The molecule has 0 spiro atoms. The van der Waals surface area contributed by atoms with Crippen LogP contribution in [0.3, 0.4) is 0 Å². The molecule has 0 aliphatic heterocycles. The number of likely N-dealkylation sites (N-methyl/N-ethyl adjacent to an activating group) is 1. The predicted molar refractivity (Wildman–Crippen MR) is 90.6 cm³/mol. The first-order valence-corrected chi connectivity index (χ1v) is 7.45. The molecule has 0 aliphatic rings. The fourth-order valence-electron chi connectivity index (χ4n) is 1.97. The van der Waals surface area contributed by atoms with E-state index in [1.165, 1.54) is 0 Å². The molecule has 0 heterocycles. The van der Waals surface area contributed by atoms with Gasteiger partial charge in [-0.1, -0.05) is 18.2 Å². The number of para-hydroxylation sites is 1. The van der Waals surface area contributed by atoms with Crippen LogP contribution in [0.25, 0.3) is 0 Å². The first-order valence-electron chi connectivity index (χ1n) is 7.45. The molecular formula is C16H28N4O2.